The molecule has 0 heterocycles. The number of carbonyl (C=O) groups excluding carboxylic acids is 1. The summed E-state index contributed by atoms with van der Waals surface area (Å²) in [5.41, 5.74) is 4.36. The normalized spacial score (nSPS) is 14.1. The molecule has 0 fully saturated rings. The molecule has 106 valence electrons. The Morgan fingerprint density at radius 2 is 1.38 bits per heavy atom. The maximum Gasteiger partial charge on any atom is 0.318 e. The standard InChI is InChI=1S/C18H15BrO2/c19-11-12-21-18(20)17-15(13-7-3-1-4-8-13)16(17)14-9-5-2-6-10-14/h1-10,17H,11-12H2. The largest absolute Gasteiger partial charge is 0.464 e. The number of carbonyl (C=O) groups is 1. The van der Waals surface area contributed by atoms with Crippen molar-refractivity contribution in [3.63, 3.8) is 0 Å². The molecule has 0 amide bonds. The Hall–Kier alpha value is -1.87. The summed E-state index contributed by atoms with van der Waals surface area (Å²) in [6.45, 7) is 0.402. The highest BCUT2D eigenvalue weighted by molar-refractivity contribution is 9.09. The van der Waals surface area contributed by atoms with Gasteiger partial charge >= 0.3 is 5.97 Å². The van der Waals surface area contributed by atoms with Crippen LogP contribution in [0.5, 0.6) is 0 Å². The molecule has 0 saturated carbocycles. The lowest BCUT2D eigenvalue weighted by atomic mass is 10.1. The third-order valence-corrected chi connectivity index (χ3v) is 3.83. The molecule has 2 aromatic carbocycles. The monoisotopic (exact) mass is 342 g/mol. The maximum atomic E-state index is 12.2. The zero-order chi connectivity index (χ0) is 14.7. The molecule has 0 spiro atoms. The molecule has 2 aromatic rings. The molecule has 21 heavy (non-hydrogen) atoms. The highest BCUT2D eigenvalue weighted by Gasteiger charge is 2.44. The fourth-order valence-electron chi connectivity index (χ4n) is 2.56. The van der Waals surface area contributed by atoms with Crippen LogP contribution in [0.4, 0.5) is 0 Å². The van der Waals surface area contributed by atoms with E-state index in [1.165, 1.54) is 0 Å². The fraction of sp³-hybridized carbons (Fsp3) is 0.167. The van der Waals surface area contributed by atoms with Crippen LogP contribution in [-0.2, 0) is 9.53 Å². The van der Waals surface area contributed by atoms with Crippen molar-refractivity contribution < 1.29 is 9.53 Å². The van der Waals surface area contributed by atoms with Crippen LogP contribution in [0.2, 0.25) is 0 Å². The van der Waals surface area contributed by atoms with Crippen LogP contribution in [0.25, 0.3) is 11.1 Å². The minimum absolute atomic E-state index is 0.160. The highest BCUT2D eigenvalue weighted by atomic mass is 79.9. The molecule has 0 N–H and O–H groups in total. The van der Waals surface area contributed by atoms with Crippen LogP contribution < -0.4 is 0 Å². The molecule has 3 heteroatoms. The first-order valence-electron chi connectivity index (χ1n) is 6.90. The molecule has 0 saturated heterocycles. The number of hydrogen-bond acceptors (Lipinski definition) is 2. The van der Waals surface area contributed by atoms with E-state index in [0.717, 1.165) is 22.3 Å². The number of alkyl halides is 1. The lowest BCUT2D eigenvalue weighted by Crippen LogP contribution is -2.11. The van der Waals surface area contributed by atoms with Gasteiger partial charge in [-0.25, -0.2) is 0 Å². The number of benzene rings is 2. The molecule has 2 nitrogen and oxygen atoms in total. The third kappa shape index (κ3) is 2.93. The van der Waals surface area contributed by atoms with Gasteiger partial charge in [0.15, 0.2) is 0 Å². The van der Waals surface area contributed by atoms with Gasteiger partial charge in [0.25, 0.3) is 0 Å². The summed E-state index contributed by atoms with van der Waals surface area (Å²) in [5.74, 6) is -0.388. The lowest BCUT2D eigenvalue weighted by Gasteiger charge is -2.03. The predicted octanol–water partition coefficient (Wildman–Crippen LogP) is 4.17. The van der Waals surface area contributed by atoms with Crippen LogP contribution in [0, 0.1) is 5.92 Å². The Balaban J connectivity index is 1.91. The van der Waals surface area contributed by atoms with Crippen LogP contribution in [0.15, 0.2) is 60.7 Å². The van der Waals surface area contributed by atoms with Gasteiger partial charge in [0.1, 0.15) is 12.5 Å². The molecule has 0 radical (unpaired) electrons. The van der Waals surface area contributed by atoms with Crippen LogP contribution in [0.3, 0.4) is 0 Å². The van der Waals surface area contributed by atoms with E-state index in [9.17, 15) is 4.79 Å². The first-order valence-corrected chi connectivity index (χ1v) is 8.02. The molecule has 0 unspecified atom stereocenters. The van der Waals surface area contributed by atoms with Gasteiger partial charge < -0.3 is 4.74 Å². The average molecular weight is 343 g/mol. The molecule has 0 aliphatic heterocycles. The van der Waals surface area contributed by atoms with Crippen molar-refractivity contribution in [3.8, 4) is 0 Å². The van der Waals surface area contributed by atoms with Gasteiger partial charge in [0.05, 0.1) is 0 Å². The average Bonchev–Trinajstić information content (AvgIpc) is 3.30. The van der Waals surface area contributed by atoms with Gasteiger partial charge in [-0.05, 0) is 22.3 Å². The van der Waals surface area contributed by atoms with Crippen molar-refractivity contribution in [2.45, 2.75) is 0 Å². The van der Waals surface area contributed by atoms with Crippen molar-refractivity contribution in [3.05, 3.63) is 71.8 Å². The molecule has 0 atom stereocenters. The highest BCUT2D eigenvalue weighted by Crippen LogP contribution is 2.53. The minimum Gasteiger partial charge on any atom is -0.464 e. The van der Waals surface area contributed by atoms with Crippen molar-refractivity contribution in [2.24, 2.45) is 5.92 Å². The Kier molecular flexibility index (Phi) is 4.20. The second kappa shape index (κ2) is 6.27. The molecule has 1 aliphatic rings. The molecular formula is C18H15BrO2. The number of esters is 1. The van der Waals surface area contributed by atoms with E-state index in [-0.39, 0.29) is 11.9 Å². The van der Waals surface area contributed by atoms with E-state index in [0.29, 0.717) is 11.9 Å². The van der Waals surface area contributed by atoms with Crippen molar-refractivity contribution in [2.75, 3.05) is 11.9 Å². The van der Waals surface area contributed by atoms with E-state index in [4.69, 9.17) is 4.74 Å². The zero-order valence-electron chi connectivity index (χ0n) is 11.5. The Labute approximate surface area is 132 Å². The summed E-state index contributed by atoms with van der Waals surface area (Å²) in [4.78, 5) is 12.2. The number of hydrogen-bond donors (Lipinski definition) is 0. The van der Waals surface area contributed by atoms with E-state index in [1.54, 1.807) is 0 Å². The van der Waals surface area contributed by atoms with Crippen LogP contribution >= 0.6 is 15.9 Å². The minimum atomic E-state index is -0.228. The van der Waals surface area contributed by atoms with E-state index in [2.05, 4.69) is 15.9 Å². The van der Waals surface area contributed by atoms with Gasteiger partial charge in [-0.3, -0.25) is 4.79 Å². The van der Waals surface area contributed by atoms with Gasteiger partial charge in [-0.1, -0.05) is 76.6 Å². The Morgan fingerprint density at radius 3 is 1.81 bits per heavy atom. The van der Waals surface area contributed by atoms with E-state index >= 15 is 0 Å². The van der Waals surface area contributed by atoms with Crippen LogP contribution in [0.1, 0.15) is 11.1 Å². The van der Waals surface area contributed by atoms with E-state index in [1.807, 2.05) is 60.7 Å². The molecule has 0 bridgehead atoms. The zero-order valence-corrected chi connectivity index (χ0v) is 13.0. The Bertz CT molecular complexity index is 613. The molecule has 0 aromatic heterocycles. The summed E-state index contributed by atoms with van der Waals surface area (Å²) in [5, 5.41) is 0.660. The SMILES string of the molecule is O=C(OCCBr)C1C(c2ccccc2)=C1c1ccccc1. The second-order valence-corrected chi connectivity index (χ2v) is 5.64. The summed E-state index contributed by atoms with van der Waals surface area (Å²) >= 11 is 3.28. The lowest BCUT2D eigenvalue weighted by molar-refractivity contribution is -0.143. The quantitative estimate of drug-likeness (QED) is 0.602. The van der Waals surface area contributed by atoms with Crippen molar-refractivity contribution in [1.29, 1.82) is 0 Å². The summed E-state index contributed by atoms with van der Waals surface area (Å²) in [6, 6.07) is 20.1. The number of halogens is 1. The topological polar surface area (TPSA) is 26.3 Å². The first-order chi connectivity index (χ1) is 10.3. The van der Waals surface area contributed by atoms with Gasteiger partial charge in [-0.2, -0.15) is 0 Å². The van der Waals surface area contributed by atoms with Gasteiger partial charge in [0.2, 0.25) is 0 Å². The third-order valence-electron chi connectivity index (χ3n) is 3.51. The van der Waals surface area contributed by atoms with Gasteiger partial charge in [-0.15, -0.1) is 0 Å². The maximum absolute atomic E-state index is 12.2. The van der Waals surface area contributed by atoms with Gasteiger partial charge in [0, 0.05) is 5.33 Å². The van der Waals surface area contributed by atoms with Crippen LogP contribution in [-0.4, -0.2) is 17.9 Å². The summed E-state index contributed by atoms with van der Waals surface area (Å²) in [6.07, 6.45) is 0. The first kappa shape index (κ1) is 14.1. The summed E-state index contributed by atoms with van der Waals surface area (Å²) in [7, 11) is 0. The molecule has 3 rings (SSSR count). The fourth-order valence-corrected chi connectivity index (χ4v) is 2.72. The van der Waals surface area contributed by atoms with Crippen molar-refractivity contribution in [1.82, 2.24) is 0 Å². The second-order valence-electron chi connectivity index (χ2n) is 4.85. The predicted molar refractivity (Wildman–Crippen MR) is 87.9 cm³/mol. The Morgan fingerprint density at radius 1 is 0.905 bits per heavy atom. The van der Waals surface area contributed by atoms with Crippen molar-refractivity contribution >= 4 is 33.0 Å². The van der Waals surface area contributed by atoms with E-state index < -0.39 is 0 Å². The molecule has 1 aliphatic carbocycles. The number of rotatable bonds is 5. The molecular weight excluding hydrogens is 328 g/mol. The smallest absolute Gasteiger partial charge is 0.318 e. The number of ether oxygens (including phenoxy) is 1. The summed E-state index contributed by atoms with van der Waals surface area (Å²) < 4.78 is 5.29.